The maximum atomic E-state index is 12.1. The highest BCUT2D eigenvalue weighted by Crippen LogP contribution is 2.27. The smallest absolute Gasteiger partial charge is 0.243 e. The van der Waals surface area contributed by atoms with Crippen LogP contribution < -0.4 is 10.6 Å². The molecule has 2 N–H and O–H groups in total. The predicted octanol–water partition coefficient (Wildman–Crippen LogP) is 4.38. The monoisotopic (exact) mass is 358 g/mol. The van der Waals surface area contributed by atoms with Gasteiger partial charge in [0.25, 0.3) is 0 Å². The molecule has 0 radical (unpaired) electrons. The number of anilines is 2. The number of nitrogens with one attached hydrogen (secondary N) is 2. The van der Waals surface area contributed by atoms with E-state index in [1.807, 2.05) is 24.3 Å². The molecule has 0 bridgehead atoms. The van der Waals surface area contributed by atoms with Crippen molar-refractivity contribution in [3.8, 4) is 0 Å². The van der Waals surface area contributed by atoms with Crippen LogP contribution in [0.1, 0.15) is 24.0 Å². The second-order valence-electron chi connectivity index (χ2n) is 5.53. The molecule has 2 aromatic carbocycles. The van der Waals surface area contributed by atoms with Crippen molar-refractivity contribution in [1.82, 2.24) is 0 Å². The van der Waals surface area contributed by atoms with Crippen molar-refractivity contribution >= 4 is 33.2 Å². The van der Waals surface area contributed by atoms with Crippen LogP contribution in [0.5, 0.6) is 0 Å². The van der Waals surface area contributed by atoms with Crippen LogP contribution in [0.15, 0.2) is 46.9 Å². The fourth-order valence-corrected chi connectivity index (χ4v) is 3.26. The van der Waals surface area contributed by atoms with E-state index in [0.29, 0.717) is 0 Å². The molecule has 22 heavy (non-hydrogen) atoms. The Morgan fingerprint density at radius 2 is 1.77 bits per heavy atom. The van der Waals surface area contributed by atoms with Crippen LogP contribution >= 0.6 is 15.9 Å². The summed E-state index contributed by atoms with van der Waals surface area (Å²) in [5.41, 5.74) is 4.69. The van der Waals surface area contributed by atoms with Gasteiger partial charge in [0, 0.05) is 10.2 Å². The molecule has 0 heterocycles. The van der Waals surface area contributed by atoms with Crippen LogP contribution in [0.2, 0.25) is 0 Å². The van der Waals surface area contributed by atoms with Gasteiger partial charge in [-0.15, -0.1) is 0 Å². The van der Waals surface area contributed by atoms with Gasteiger partial charge < -0.3 is 10.6 Å². The highest BCUT2D eigenvalue weighted by Gasteiger charge is 2.13. The van der Waals surface area contributed by atoms with Crippen LogP contribution in [0.4, 0.5) is 11.4 Å². The minimum absolute atomic E-state index is 0.0414. The van der Waals surface area contributed by atoms with Crippen LogP contribution in [-0.4, -0.2) is 12.5 Å². The van der Waals surface area contributed by atoms with Crippen molar-refractivity contribution in [2.45, 2.75) is 25.7 Å². The number of carbonyl (C=O) groups excluding carboxylic acids is 1. The summed E-state index contributed by atoms with van der Waals surface area (Å²) in [6, 6.07) is 14.0. The number of rotatable bonds is 4. The SMILES string of the molecule is O=C(CNc1cccc2c1CCCC2)Nc1ccccc1Br. The molecule has 114 valence electrons. The maximum Gasteiger partial charge on any atom is 0.243 e. The molecule has 3 rings (SSSR count). The van der Waals surface area contributed by atoms with E-state index < -0.39 is 0 Å². The van der Waals surface area contributed by atoms with Gasteiger partial charge in [-0.3, -0.25) is 4.79 Å². The number of hydrogen-bond donors (Lipinski definition) is 2. The lowest BCUT2D eigenvalue weighted by molar-refractivity contribution is -0.114. The summed E-state index contributed by atoms with van der Waals surface area (Å²) in [5, 5.41) is 6.20. The van der Waals surface area contributed by atoms with Crippen LogP contribution in [0, 0.1) is 0 Å². The Bertz CT molecular complexity index is 685. The largest absolute Gasteiger partial charge is 0.376 e. The zero-order chi connectivity index (χ0) is 15.4. The van der Waals surface area contributed by atoms with Gasteiger partial charge in [-0.2, -0.15) is 0 Å². The van der Waals surface area contributed by atoms with E-state index in [2.05, 4.69) is 44.8 Å². The molecular formula is C18H19BrN2O. The standard InChI is InChI=1S/C18H19BrN2O/c19-15-9-3-4-10-17(15)21-18(22)12-20-16-11-5-7-13-6-1-2-8-14(13)16/h3-5,7,9-11,20H,1-2,6,8,12H2,(H,21,22). The first-order chi connectivity index (χ1) is 10.7. The third-order valence-corrected chi connectivity index (χ3v) is 4.67. The van der Waals surface area contributed by atoms with Crippen LogP contribution in [0.3, 0.4) is 0 Å². The number of carbonyl (C=O) groups is 1. The number of hydrogen-bond acceptors (Lipinski definition) is 2. The van der Waals surface area contributed by atoms with Crippen LogP contribution in [-0.2, 0) is 17.6 Å². The van der Waals surface area contributed by atoms with Crippen molar-refractivity contribution in [1.29, 1.82) is 0 Å². The molecule has 0 unspecified atom stereocenters. The third-order valence-electron chi connectivity index (χ3n) is 3.98. The van der Waals surface area contributed by atoms with Gasteiger partial charge in [-0.25, -0.2) is 0 Å². The van der Waals surface area contributed by atoms with Gasteiger partial charge in [-0.05, 0) is 70.9 Å². The summed E-state index contributed by atoms with van der Waals surface area (Å²) < 4.78 is 0.889. The molecule has 0 atom stereocenters. The summed E-state index contributed by atoms with van der Waals surface area (Å²) >= 11 is 3.43. The number of para-hydroxylation sites is 1. The second kappa shape index (κ2) is 6.97. The quantitative estimate of drug-likeness (QED) is 0.851. The Morgan fingerprint density at radius 3 is 2.64 bits per heavy atom. The van der Waals surface area contributed by atoms with E-state index in [0.717, 1.165) is 28.7 Å². The highest BCUT2D eigenvalue weighted by atomic mass is 79.9. The van der Waals surface area contributed by atoms with Crippen molar-refractivity contribution in [2.75, 3.05) is 17.2 Å². The fraction of sp³-hybridized carbons (Fsp3) is 0.278. The normalized spacial score (nSPS) is 13.3. The maximum absolute atomic E-state index is 12.1. The van der Waals surface area contributed by atoms with Crippen molar-refractivity contribution in [2.24, 2.45) is 0 Å². The van der Waals surface area contributed by atoms with E-state index >= 15 is 0 Å². The zero-order valence-corrected chi connectivity index (χ0v) is 13.9. The zero-order valence-electron chi connectivity index (χ0n) is 12.4. The minimum atomic E-state index is -0.0414. The van der Waals surface area contributed by atoms with Crippen molar-refractivity contribution in [3.05, 3.63) is 58.1 Å². The van der Waals surface area contributed by atoms with E-state index in [-0.39, 0.29) is 12.5 Å². The Labute approximate surface area is 139 Å². The summed E-state index contributed by atoms with van der Waals surface area (Å²) in [6.07, 6.45) is 4.74. The fourth-order valence-electron chi connectivity index (χ4n) is 2.88. The molecular weight excluding hydrogens is 340 g/mol. The molecule has 1 aliphatic carbocycles. The summed E-state index contributed by atoms with van der Waals surface area (Å²) in [7, 11) is 0. The van der Waals surface area contributed by atoms with Gasteiger partial charge in [0.15, 0.2) is 0 Å². The first kappa shape index (κ1) is 15.1. The number of benzene rings is 2. The Hall–Kier alpha value is -1.81. The lowest BCUT2D eigenvalue weighted by atomic mass is 9.90. The first-order valence-corrected chi connectivity index (χ1v) is 8.42. The number of amides is 1. The molecule has 3 nitrogen and oxygen atoms in total. The van der Waals surface area contributed by atoms with Gasteiger partial charge >= 0.3 is 0 Å². The summed E-state index contributed by atoms with van der Waals surface area (Å²) in [4.78, 5) is 12.1. The molecule has 0 saturated heterocycles. The van der Waals surface area contributed by atoms with Crippen LogP contribution in [0.25, 0.3) is 0 Å². The predicted molar refractivity (Wildman–Crippen MR) is 94.3 cm³/mol. The third kappa shape index (κ3) is 3.50. The molecule has 4 heteroatoms. The van der Waals surface area contributed by atoms with E-state index in [4.69, 9.17) is 0 Å². The molecule has 0 fully saturated rings. The molecule has 1 amide bonds. The summed E-state index contributed by atoms with van der Waals surface area (Å²) in [5.74, 6) is -0.0414. The minimum Gasteiger partial charge on any atom is -0.376 e. The average molecular weight is 359 g/mol. The number of fused-ring (bicyclic) bond motifs is 1. The summed E-state index contributed by atoms with van der Waals surface area (Å²) in [6.45, 7) is 0.276. The van der Waals surface area contributed by atoms with Gasteiger partial charge in [-0.1, -0.05) is 24.3 Å². The van der Waals surface area contributed by atoms with E-state index in [1.54, 1.807) is 0 Å². The van der Waals surface area contributed by atoms with Gasteiger partial charge in [0.1, 0.15) is 0 Å². The number of aryl methyl sites for hydroxylation is 1. The Kier molecular flexibility index (Phi) is 4.78. The molecule has 0 aliphatic heterocycles. The van der Waals surface area contributed by atoms with Gasteiger partial charge in [0.2, 0.25) is 5.91 Å². The topological polar surface area (TPSA) is 41.1 Å². The molecule has 0 aromatic heterocycles. The van der Waals surface area contributed by atoms with Crippen molar-refractivity contribution < 1.29 is 4.79 Å². The van der Waals surface area contributed by atoms with E-state index in [9.17, 15) is 4.79 Å². The Balaban J connectivity index is 1.63. The number of halogens is 1. The van der Waals surface area contributed by atoms with Crippen molar-refractivity contribution in [3.63, 3.8) is 0 Å². The average Bonchev–Trinajstić information content (AvgIpc) is 2.55. The lowest BCUT2D eigenvalue weighted by Gasteiger charge is -2.20. The first-order valence-electron chi connectivity index (χ1n) is 7.63. The Morgan fingerprint density at radius 1 is 1.00 bits per heavy atom. The molecule has 0 spiro atoms. The second-order valence-corrected chi connectivity index (χ2v) is 6.39. The molecule has 2 aromatic rings. The molecule has 0 saturated carbocycles. The van der Waals surface area contributed by atoms with E-state index in [1.165, 1.54) is 24.0 Å². The molecule has 1 aliphatic rings. The highest BCUT2D eigenvalue weighted by molar-refractivity contribution is 9.10. The lowest BCUT2D eigenvalue weighted by Crippen LogP contribution is -2.22. The van der Waals surface area contributed by atoms with Gasteiger partial charge in [0.05, 0.1) is 12.2 Å².